The molecule has 142 valence electrons. The fraction of sp³-hybridized carbons (Fsp3) is 0.130. The Morgan fingerprint density at radius 1 is 0.857 bits per heavy atom. The SMILES string of the molecule is CC(OC(=O)c1ccccc1OCc1ccccc1)C(=O)Nc1ccccc1. The first-order valence-electron chi connectivity index (χ1n) is 8.96. The van der Waals surface area contributed by atoms with Gasteiger partial charge in [-0.2, -0.15) is 0 Å². The summed E-state index contributed by atoms with van der Waals surface area (Å²) in [6.45, 7) is 1.86. The Bertz CT molecular complexity index is 926. The van der Waals surface area contributed by atoms with E-state index in [-0.39, 0.29) is 5.56 Å². The average Bonchev–Trinajstić information content (AvgIpc) is 2.74. The monoisotopic (exact) mass is 375 g/mol. The summed E-state index contributed by atoms with van der Waals surface area (Å²) in [5.74, 6) is -0.603. The summed E-state index contributed by atoms with van der Waals surface area (Å²) in [7, 11) is 0. The van der Waals surface area contributed by atoms with Crippen LogP contribution in [0.3, 0.4) is 0 Å². The van der Waals surface area contributed by atoms with E-state index < -0.39 is 18.0 Å². The minimum atomic E-state index is -0.949. The molecular formula is C23H21NO4. The summed E-state index contributed by atoms with van der Waals surface area (Å²) < 4.78 is 11.1. The average molecular weight is 375 g/mol. The molecule has 3 rings (SSSR count). The van der Waals surface area contributed by atoms with E-state index in [2.05, 4.69) is 5.32 Å². The third-order valence-electron chi connectivity index (χ3n) is 4.04. The molecular weight excluding hydrogens is 354 g/mol. The van der Waals surface area contributed by atoms with Crippen molar-refractivity contribution in [2.24, 2.45) is 0 Å². The van der Waals surface area contributed by atoms with Crippen molar-refractivity contribution in [1.82, 2.24) is 0 Å². The number of amides is 1. The number of carbonyl (C=O) groups excluding carboxylic acids is 2. The first-order chi connectivity index (χ1) is 13.6. The standard InChI is InChI=1S/C23H21NO4/c1-17(22(25)24-19-12-6-3-7-13-19)28-23(26)20-14-8-9-15-21(20)27-16-18-10-4-2-5-11-18/h2-15,17H,16H2,1H3,(H,24,25). The molecule has 28 heavy (non-hydrogen) atoms. The summed E-state index contributed by atoms with van der Waals surface area (Å²) in [5, 5.41) is 2.71. The van der Waals surface area contributed by atoms with Crippen molar-refractivity contribution in [3.05, 3.63) is 96.1 Å². The molecule has 5 heteroatoms. The summed E-state index contributed by atoms with van der Waals surface area (Å²) in [4.78, 5) is 24.8. The summed E-state index contributed by atoms with van der Waals surface area (Å²) in [5.41, 5.74) is 1.90. The van der Waals surface area contributed by atoms with Crippen LogP contribution in [0.25, 0.3) is 0 Å². The molecule has 0 saturated carbocycles. The molecule has 0 aliphatic rings. The highest BCUT2D eigenvalue weighted by molar-refractivity contribution is 5.98. The molecule has 0 heterocycles. The minimum absolute atomic E-state index is 0.276. The second-order valence-corrected chi connectivity index (χ2v) is 6.17. The van der Waals surface area contributed by atoms with Gasteiger partial charge in [0.15, 0.2) is 6.10 Å². The number of hydrogen-bond donors (Lipinski definition) is 1. The van der Waals surface area contributed by atoms with Gasteiger partial charge < -0.3 is 14.8 Å². The number of para-hydroxylation sites is 2. The van der Waals surface area contributed by atoms with Crippen molar-refractivity contribution in [3.8, 4) is 5.75 Å². The zero-order valence-corrected chi connectivity index (χ0v) is 15.5. The lowest BCUT2D eigenvalue weighted by Crippen LogP contribution is -2.30. The largest absolute Gasteiger partial charge is 0.488 e. The van der Waals surface area contributed by atoms with Gasteiger partial charge in [-0.1, -0.05) is 60.7 Å². The van der Waals surface area contributed by atoms with Crippen LogP contribution >= 0.6 is 0 Å². The van der Waals surface area contributed by atoms with Crippen LogP contribution in [-0.4, -0.2) is 18.0 Å². The quantitative estimate of drug-likeness (QED) is 0.620. The van der Waals surface area contributed by atoms with Crippen molar-refractivity contribution in [1.29, 1.82) is 0 Å². The summed E-state index contributed by atoms with van der Waals surface area (Å²) >= 11 is 0. The lowest BCUT2D eigenvalue weighted by Gasteiger charge is -2.15. The highest BCUT2D eigenvalue weighted by Gasteiger charge is 2.21. The van der Waals surface area contributed by atoms with Gasteiger partial charge in [0.1, 0.15) is 17.9 Å². The normalized spacial score (nSPS) is 11.3. The smallest absolute Gasteiger partial charge is 0.342 e. The van der Waals surface area contributed by atoms with E-state index in [0.29, 0.717) is 18.0 Å². The molecule has 0 fully saturated rings. The number of esters is 1. The molecule has 1 N–H and O–H groups in total. The Morgan fingerprint density at radius 2 is 1.46 bits per heavy atom. The van der Waals surface area contributed by atoms with Crippen LogP contribution in [0.1, 0.15) is 22.8 Å². The van der Waals surface area contributed by atoms with E-state index in [0.717, 1.165) is 5.56 Å². The number of rotatable bonds is 7. The van der Waals surface area contributed by atoms with Crippen molar-refractivity contribution >= 4 is 17.6 Å². The number of anilines is 1. The Labute approximate surface area is 163 Å². The van der Waals surface area contributed by atoms with Gasteiger partial charge in [0, 0.05) is 5.69 Å². The molecule has 3 aromatic rings. The second kappa shape index (κ2) is 9.37. The maximum atomic E-state index is 12.6. The van der Waals surface area contributed by atoms with Gasteiger partial charge in [0.05, 0.1) is 0 Å². The van der Waals surface area contributed by atoms with E-state index in [9.17, 15) is 9.59 Å². The molecule has 0 aromatic heterocycles. The Hall–Kier alpha value is -3.60. The third kappa shape index (κ3) is 5.20. The number of nitrogens with one attached hydrogen (secondary N) is 1. The van der Waals surface area contributed by atoms with Crippen molar-refractivity contribution in [2.75, 3.05) is 5.32 Å². The Balaban J connectivity index is 1.63. The zero-order chi connectivity index (χ0) is 19.8. The van der Waals surface area contributed by atoms with Gasteiger partial charge in [0.25, 0.3) is 5.91 Å². The van der Waals surface area contributed by atoms with Gasteiger partial charge in [-0.3, -0.25) is 4.79 Å². The van der Waals surface area contributed by atoms with Crippen molar-refractivity contribution in [2.45, 2.75) is 19.6 Å². The molecule has 3 aromatic carbocycles. The molecule has 1 amide bonds. The lowest BCUT2D eigenvalue weighted by molar-refractivity contribution is -0.123. The molecule has 1 atom stereocenters. The fourth-order valence-corrected chi connectivity index (χ4v) is 2.54. The van der Waals surface area contributed by atoms with Crippen LogP contribution in [0.15, 0.2) is 84.9 Å². The summed E-state index contributed by atoms with van der Waals surface area (Å²) in [6.07, 6.45) is -0.949. The first-order valence-corrected chi connectivity index (χ1v) is 8.96. The summed E-state index contributed by atoms with van der Waals surface area (Å²) in [6, 6.07) is 25.5. The van der Waals surface area contributed by atoms with E-state index in [1.807, 2.05) is 48.5 Å². The van der Waals surface area contributed by atoms with Gasteiger partial charge in [0.2, 0.25) is 0 Å². The van der Waals surface area contributed by atoms with Crippen molar-refractivity contribution < 1.29 is 19.1 Å². The van der Waals surface area contributed by atoms with Crippen LogP contribution in [-0.2, 0) is 16.1 Å². The highest BCUT2D eigenvalue weighted by atomic mass is 16.5. The van der Waals surface area contributed by atoms with E-state index in [4.69, 9.17) is 9.47 Å². The lowest BCUT2D eigenvalue weighted by atomic mass is 10.2. The van der Waals surface area contributed by atoms with Crippen LogP contribution < -0.4 is 10.1 Å². The van der Waals surface area contributed by atoms with Gasteiger partial charge in [-0.05, 0) is 36.8 Å². The molecule has 0 bridgehead atoms. The molecule has 0 saturated heterocycles. The van der Waals surface area contributed by atoms with Crippen LogP contribution in [0.5, 0.6) is 5.75 Å². The van der Waals surface area contributed by atoms with Crippen molar-refractivity contribution in [3.63, 3.8) is 0 Å². The third-order valence-corrected chi connectivity index (χ3v) is 4.04. The fourth-order valence-electron chi connectivity index (χ4n) is 2.54. The van der Waals surface area contributed by atoms with Gasteiger partial charge >= 0.3 is 5.97 Å². The topological polar surface area (TPSA) is 64.6 Å². The number of ether oxygens (including phenoxy) is 2. The molecule has 5 nitrogen and oxygen atoms in total. The predicted molar refractivity (Wildman–Crippen MR) is 107 cm³/mol. The van der Waals surface area contributed by atoms with Crippen LogP contribution in [0.4, 0.5) is 5.69 Å². The number of carbonyl (C=O) groups is 2. The number of hydrogen-bond acceptors (Lipinski definition) is 4. The first kappa shape index (κ1) is 19.2. The molecule has 1 unspecified atom stereocenters. The van der Waals surface area contributed by atoms with Gasteiger partial charge in [-0.25, -0.2) is 4.79 Å². The van der Waals surface area contributed by atoms with E-state index in [1.165, 1.54) is 6.92 Å². The Kier molecular flexibility index (Phi) is 6.41. The van der Waals surface area contributed by atoms with E-state index in [1.54, 1.807) is 36.4 Å². The second-order valence-electron chi connectivity index (χ2n) is 6.17. The molecule has 0 spiro atoms. The molecule has 0 aliphatic heterocycles. The molecule has 0 aliphatic carbocycles. The Morgan fingerprint density at radius 3 is 2.18 bits per heavy atom. The molecule has 0 radical (unpaired) electrons. The predicted octanol–water partition coefficient (Wildman–Crippen LogP) is 4.45. The van der Waals surface area contributed by atoms with E-state index >= 15 is 0 Å². The maximum absolute atomic E-state index is 12.6. The maximum Gasteiger partial charge on any atom is 0.342 e. The van der Waals surface area contributed by atoms with Crippen LogP contribution in [0, 0.1) is 0 Å². The van der Waals surface area contributed by atoms with Crippen LogP contribution in [0.2, 0.25) is 0 Å². The minimum Gasteiger partial charge on any atom is -0.488 e. The highest BCUT2D eigenvalue weighted by Crippen LogP contribution is 2.21. The van der Waals surface area contributed by atoms with Gasteiger partial charge in [-0.15, -0.1) is 0 Å². The number of benzene rings is 3. The zero-order valence-electron chi connectivity index (χ0n) is 15.5.